The van der Waals surface area contributed by atoms with Crippen LogP contribution in [0.3, 0.4) is 0 Å². The number of hydrogen-bond donors (Lipinski definition) is 2. The van der Waals surface area contributed by atoms with Crippen LogP contribution in [0.2, 0.25) is 0 Å². The SMILES string of the molecule is CC(NC(=O)CN(C)C(=O)c1cccs1)c1nn[nH]n1. The van der Waals surface area contributed by atoms with Crippen LogP contribution in [0.1, 0.15) is 28.5 Å². The fraction of sp³-hybridized carbons (Fsp3) is 0.364. The van der Waals surface area contributed by atoms with E-state index in [-0.39, 0.29) is 24.4 Å². The van der Waals surface area contributed by atoms with Crippen LogP contribution in [-0.2, 0) is 4.79 Å². The minimum atomic E-state index is -0.369. The summed E-state index contributed by atoms with van der Waals surface area (Å²) < 4.78 is 0. The van der Waals surface area contributed by atoms with Crippen molar-refractivity contribution < 1.29 is 9.59 Å². The zero-order chi connectivity index (χ0) is 14.5. The highest BCUT2D eigenvalue weighted by atomic mass is 32.1. The largest absolute Gasteiger partial charge is 0.345 e. The van der Waals surface area contributed by atoms with Crippen LogP contribution >= 0.6 is 11.3 Å². The van der Waals surface area contributed by atoms with Gasteiger partial charge in [0, 0.05) is 7.05 Å². The number of aromatic nitrogens is 4. The average molecular weight is 294 g/mol. The molecule has 0 aliphatic carbocycles. The lowest BCUT2D eigenvalue weighted by Gasteiger charge is -2.17. The number of carbonyl (C=O) groups excluding carboxylic acids is 2. The predicted octanol–water partition coefficient (Wildman–Crippen LogP) is 0.211. The Bertz CT molecular complexity index is 568. The van der Waals surface area contributed by atoms with Crippen LogP contribution in [0.25, 0.3) is 0 Å². The molecule has 1 unspecified atom stereocenters. The number of aromatic amines is 1. The molecule has 2 amide bonds. The van der Waals surface area contributed by atoms with Crippen molar-refractivity contribution in [1.82, 2.24) is 30.8 Å². The standard InChI is InChI=1S/C11H14N6O2S/c1-7(10-13-15-16-14-10)12-9(18)6-17(2)11(19)8-4-3-5-20-8/h3-5,7H,6H2,1-2H3,(H,12,18)(H,13,14,15,16). The number of amides is 2. The average Bonchev–Trinajstić information content (AvgIpc) is 3.10. The minimum absolute atomic E-state index is 0.0288. The lowest BCUT2D eigenvalue weighted by molar-refractivity contribution is -0.122. The summed E-state index contributed by atoms with van der Waals surface area (Å²) in [5.41, 5.74) is 0. The second-order valence-electron chi connectivity index (χ2n) is 4.20. The van der Waals surface area contributed by atoms with Crippen molar-refractivity contribution in [3.63, 3.8) is 0 Å². The van der Waals surface area contributed by atoms with Crippen LogP contribution in [0.4, 0.5) is 0 Å². The Balaban J connectivity index is 1.86. The van der Waals surface area contributed by atoms with E-state index < -0.39 is 0 Å². The third-order valence-electron chi connectivity index (χ3n) is 2.59. The number of hydrogen-bond acceptors (Lipinski definition) is 6. The summed E-state index contributed by atoms with van der Waals surface area (Å²) in [4.78, 5) is 25.8. The number of thiophene rings is 1. The number of rotatable bonds is 5. The van der Waals surface area contributed by atoms with Crippen LogP contribution in [0.5, 0.6) is 0 Å². The van der Waals surface area contributed by atoms with E-state index in [1.165, 1.54) is 16.2 Å². The van der Waals surface area contributed by atoms with Gasteiger partial charge in [0.15, 0.2) is 5.82 Å². The lowest BCUT2D eigenvalue weighted by Crippen LogP contribution is -2.39. The zero-order valence-corrected chi connectivity index (χ0v) is 11.8. The van der Waals surface area contributed by atoms with Gasteiger partial charge in [-0.3, -0.25) is 9.59 Å². The maximum atomic E-state index is 12.0. The van der Waals surface area contributed by atoms with Gasteiger partial charge in [-0.2, -0.15) is 5.21 Å². The Hall–Kier alpha value is -2.29. The van der Waals surface area contributed by atoms with Crippen molar-refractivity contribution in [2.75, 3.05) is 13.6 Å². The number of likely N-dealkylation sites (N-methyl/N-ethyl adjacent to an activating group) is 1. The highest BCUT2D eigenvalue weighted by Gasteiger charge is 2.18. The molecule has 0 aliphatic heterocycles. The Morgan fingerprint density at radius 2 is 2.35 bits per heavy atom. The van der Waals surface area contributed by atoms with Gasteiger partial charge in [-0.1, -0.05) is 11.3 Å². The zero-order valence-electron chi connectivity index (χ0n) is 11.0. The molecule has 2 aromatic rings. The molecule has 0 fully saturated rings. The smallest absolute Gasteiger partial charge is 0.264 e. The highest BCUT2D eigenvalue weighted by molar-refractivity contribution is 7.12. The Labute approximate surface area is 119 Å². The molecule has 8 nitrogen and oxygen atoms in total. The van der Waals surface area contributed by atoms with E-state index in [9.17, 15) is 9.59 Å². The quantitative estimate of drug-likeness (QED) is 0.820. The number of H-pyrrole nitrogens is 1. The maximum absolute atomic E-state index is 12.0. The van der Waals surface area contributed by atoms with Gasteiger partial charge in [0.05, 0.1) is 17.5 Å². The molecular formula is C11H14N6O2S. The lowest BCUT2D eigenvalue weighted by atomic mass is 10.3. The van der Waals surface area contributed by atoms with E-state index in [1.54, 1.807) is 26.1 Å². The van der Waals surface area contributed by atoms with Crippen LogP contribution in [-0.4, -0.2) is 50.9 Å². The molecule has 0 radical (unpaired) electrons. The Morgan fingerprint density at radius 1 is 1.55 bits per heavy atom. The van der Waals surface area contributed by atoms with E-state index >= 15 is 0 Å². The minimum Gasteiger partial charge on any atom is -0.345 e. The normalized spacial score (nSPS) is 11.9. The molecule has 2 heterocycles. The fourth-order valence-corrected chi connectivity index (χ4v) is 2.30. The fourth-order valence-electron chi connectivity index (χ4n) is 1.58. The molecule has 2 rings (SSSR count). The molecule has 0 aromatic carbocycles. The molecule has 9 heteroatoms. The van der Waals surface area contributed by atoms with Gasteiger partial charge in [-0.15, -0.1) is 21.5 Å². The first kappa shape index (κ1) is 14.1. The maximum Gasteiger partial charge on any atom is 0.264 e. The first-order chi connectivity index (χ1) is 9.58. The van der Waals surface area contributed by atoms with E-state index in [1.807, 2.05) is 5.38 Å². The summed E-state index contributed by atoms with van der Waals surface area (Å²) in [6, 6.07) is 3.15. The third-order valence-corrected chi connectivity index (χ3v) is 3.44. The number of carbonyl (C=O) groups is 2. The molecule has 2 N–H and O–H groups in total. The van der Waals surface area contributed by atoms with Gasteiger partial charge in [0.2, 0.25) is 5.91 Å². The number of nitrogens with one attached hydrogen (secondary N) is 2. The Morgan fingerprint density at radius 3 is 2.95 bits per heavy atom. The summed E-state index contributed by atoms with van der Waals surface area (Å²) in [5, 5.41) is 17.8. The number of nitrogens with zero attached hydrogens (tertiary/aromatic N) is 4. The van der Waals surface area contributed by atoms with Crippen molar-refractivity contribution in [1.29, 1.82) is 0 Å². The van der Waals surface area contributed by atoms with Crippen molar-refractivity contribution in [2.24, 2.45) is 0 Å². The van der Waals surface area contributed by atoms with Gasteiger partial charge in [0.1, 0.15) is 0 Å². The first-order valence-corrected chi connectivity index (χ1v) is 6.77. The van der Waals surface area contributed by atoms with Crippen molar-refractivity contribution in [2.45, 2.75) is 13.0 Å². The summed E-state index contributed by atoms with van der Waals surface area (Å²) in [6.07, 6.45) is 0. The number of tetrazole rings is 1. The van der Waals surface area contributed by atoms with Crippen molar-refractivity contribution in [3.05, 3.63) is 28.2 Å². The molecule has 0 saturated heterocycles. The molecule has 0 aliphatic rings. The summed E-state index contributed by atoms with van der Waals surface area (Å²) in [6.45, 7) is 1.71. The second kappa shape index (κ2) is 6.24. The molecule has 0 bridgehead atoms. The molecule has 0 saturated carbocycles. The van der Waals surface area contributed by atoms with Crippen LogP contribution in [0.15, 0.2) is 17.5 Å². The monoisotopic (exact) mass is 294 g/mol. The summed E-state index contributed by atoms with van der Waals surface area (Å²) in [7, 11) is 1.58. The van der Waals surface area contributed by atoms with E-state index in [4.69, 9.17) is 0 Å². The van der Waals surface area contributed by atoms with E-state index in [2.05, 4.69) is 25.9 Å². The molecule has 0 spiro atoms. The second-order valence-corrected chi connectivity index (χ2v) is 5.15. The molecular weight excluding hydrogens is 280 g/mol. The molecule has 1 atom stereocenters. The Kier molecular flexibility index (Phi) is 4.41. The van der Waals surface area contributed by atoms with Crippen molar-refractivity contribution in [3.8, 4) is 0 Å². The highest BCUT2D eigenvalue weighted by Crippen LogP contribution is 2.11. The summed E-state index contributed by atoms with van der Waals surface area (Å²) >= 11 is 1.34. The van der Waals surface area contributed by atoms with Crippen LogP contribution in [0, 0.1) is 0 Å². The van der Waals surface area contributed by atoms with Gasteiger partial charge in [-0.05, 0) is 18.4 Å². The molecule has 20 heavy (non-hydrogen) atoms. The van der Waals surface area contributed by atoms with Crippen LogP contribution < -0.4 is 5.32 Å². The van der Waals surface area contributed by atoms with Gasteiger partial charge in [-0.25, -0.2) is 0 Å². The molecule has 2 aromatic heterocycles. The van der Waals surface area contributed by atoms with Gasteiger partial charge < -0.3 is 10.2 Å². The van der Waals surface area contributed by atoms with E-state index in [0.717, 1.165) is 0 Å². The topological polar surface area (TPSA) is 104 Å². The van der Waals surface area contributed by atoms with Gasteiger partial charge in [0.25, 0.3) is 5.91 Å². The van der Waals surface area contributed by atoms with Gasteiger partial charge >= 0.3 is 0 Å². The predicted molar refractivity (Wildman–Crippen MR) is 72.0 cm³/mol. The molecule has 106 valence electrons. The summed E-state index contributed by atoms with van der Waals surface area (Å²) in [5.74, 6) is -0.0670. The van der Waals surface area contributed by atoms with Crippen molar-refractivity contribution >= 4 is 23.2 Å². The third kappa shape index (κ3) is 3.38. The first-order valence-electron chi connectivity index (χ1n) is 5.89. The van der Waals surface area contributed by atoms with E-state index in [0.29, 0.717) is 10.7 Å².